The number of thiazole rings is 1. The van der Waals surface area contributed by atoms with Crippen molar-refractivity contribution < 1.29 is 48.1 Å². The number of nitrogens with zero attached hydrogens (tertiary/aromatic N) is 4. The molecule has 1 aromatic carbocycles. The van der Waals surface area contributed by atoms with Crippen molar-refractivity contribution >= 4 is 62.9 Å². The van der Waals surface area contributed by atoms with Crippen LogP contribution in [0.4, 0.5) is 20.5 Å². The number of likely N-dealkylation sites (tertiary alicyclic amines) is 1. The first kappa shape index (κ1) is 38.6. The standard InChI is InChI=1S/C34H44N6O10S/c1-32(2,3)47-28(43)24(50-39-25(27(41)42)23-18-51-29(37-23)38-30(44)48-33(4,5)6)17-46-21-10-11-22-19(14-21)12-13-35-26(22)36-20-15-40(16-20)31(45)49-34(7,8)9/h10-14,18,20,24H,15-17H2,1-9H3,(H,35,36)(H,41,42)(H,37,38,44)/b39-25-/t24-/m0/s1. The number of anilines is 2. The number of carboxylic acid groups (broad SMARTS) is 1. The highest BCUT2D eigenvalue weighted by atomic mass is 32.1. The number of hydrogen-bond donors (Lipinski definition) is 3. The second-order valence-electron chi connectivity index (χ2n) is 14.6. The molecule has 0 bridgehead atoms. The van der Waals surface area contributed by atoms with Gasteiger partial charge in [-0.1, -0.05) is 5.16 Å². The third-order valence-electron chi connectivity index (χ3n) is 6.51. The van der Waals surface area contributed by atoms with Crippen LogP contribution >= 0.6 is 11.3 Å². The number of carbonyl (C=O) groups is 4. The molecule has 3 aromatic rings. The number of benzene rings is 1. The summed E-state index contributed by atoms with van der Waals surface area (Å²) in [5.41, 5.74) is -2.95. The molecule has 3 heterocycles. The van der Waals surface area contributed by atoms with Crippen molar-refractivity contribution in [2.75, 3.05) is 30.3 Å². The van der Waals surface area contributed by atoms with Gasteiger partial charge in [0, 0.05) is 30.1 Å². The molecule has 1 atom stereocenters. The summed E-state index contributed by atoms with van der Waals surface area (Å²) in [6.07, 6.45) is -0.955. The van der Waals surface area contributed by atoms with Crippen LogP contribution in [0.3, 0.4) is 0 Å². The van der Waals surface area contributed by atoms with Gasteiger partial charge in [0.1, 0.15) is 40.7 Å². The van der Waals surface area contributed by atoms with E-state index in [0.717, 1.165) is 22.1 Å². The lowest BCUT2D eigenvalue weighted by molar-refractivity contribution is -0.170. The predicted octanol–water partition coefficient (Wildman–Crippen LogP) is 5.66. The highest BCUT2D eigenvalue weighted by molar-refractivity contribution is 7.14. The lowest BCUT2D eigenvalue weighted by Gasteiger charge is -2.40. The monoisotopic (exact) mass is 728 g/mol. The molecule has 16 nitrogen and oxygen atoms in total. The molecular formula is C34H44N6O10S. The molecular weight excluding hydrogens is 684 g/mol. The maximum Gasteiger partial charge on any atom is 0.413 e. The quantitative estimate of drug-likeness (QED) is 0.0946. The smallest absolute Gasteiger partial charge is 0.413 e. The van der Waals surface area contributed by atoms with E-state index >= 15 is 0 Å². The highest BCUT2D eigenvalue weighted by Gasteiger charge is 2.34. The molecule has 3 N–H and O–H groups in total. The van der Waals surface area contributed by atoms with Crippen LogP contribution in [0.15, 0.2) is 41.0 Å². The Morgan fingerprint density at radius 1 is 0.980 bits per heavy atom. The van der Waals surface area contributed by atoms with Gasteiger partial charge in [-0.05, 0) is 92.0 Å². The average molecular weight is 729 g/mol. The van der Waals surface area contributed by atoms with Crippen LogP contribution in [0.25, 0.3) is 10.8 Å². The Morgan fingerprint density at radius 2 is 1.65 bits per heavy atom. The van der Waals surface area contributed by atoms with Gasteiger partial charge in [0.05, 0.1) is 6.04 Å². The number of fused-ring (bicyclic) bond motifs is 1. The Hall–Kier alpha value is -5.19. The van der Waals surface area contributed by atoms with Crippen LogP contribution in [0.1, 0.15) is 68.0 Å². The van der Waals surface area contributed by atoms with Crippen LogP contribution in [-0.2, 0) is 28.6 Å². The van der Waals surface area contributed by atoms with Crippen molar-refractivity contribution in [3.8, 4) is 5.75 Å². The SMILES string of the molecule is CC(C)(C)OC(=O)Nc1nc(/C(=N/O[C@@H](COc2ccc3c(NC4CN(C(=O)OC(C)(C)C)C4)nccc3c2)C(=O)OC(C)(C)C)C(=O)O)cs1. The van der Waals surface area contributed by atoms with Crippen LogP contribution in [0.5, 0.6) is 5.75 Å². The van der Waals surface area contributed by atoms with Crippen molar-refractivity contribution in [2.24, 2.45) is 5.16 Å². The van der Waals surface area contributed by atoms with Crippen molar-refractivity contribution in [3.05, 3.63) is 41.5 Å². The molecule has 0 unspecified atom stereocenters. The zero-order chi connectivity index (χ0) is 37.7. The zero-order valence-electron chi connectivity index (χ0n) is 30.1. The summed E-state index contributed by atoms with van der Waals surface area (Å²) < 4.78 is 22.0. The number of ether oxygens (including phenoxy) is 4. The largest absolute Gasteiger partial charge is 0.489 e. The molecule has 2 amide bonds. The predicted molar refractivity (Wildman–Crippen MR) is 189 cm³/mol. The van der Waals surface area contributed by atoms with E-state index in [4.69, 9.17) is 23.8 Å². The van der Waals surface area contributed by atoms with E-state index in [0.29, 0.717) is 24.7 Å². The molecule has 4 rings (SSSR count). The maximum atomic E-state index is 13.1. The molecule has 51 heavy (non-hydrogen) atoms. The van der Waals surface area contributed by atoms with Crippen LogP contribution in [0.2, 0.25) is 0 Å². The topological polar surface area (TPSA) is 200 Å². The minimum Gasteiger partial charge on any atom is -0.489 e. The van der Waals surface area contributed by atoms with Gasteiger partial charge < -0.3 is 39.1 Å². The molecule has 1 aliphatic rings. The first-order valence-corrected chi connectivity index (χ1v) is 17.0. The number of oxime groups is 1. The fraction of sp³-hybridized carbons (Fsp3) is 0.500. The Bertz CT molecular complexity index is 1780. The Labute approximate surface area is 299 Å². The van der Waals surface area contributed by atoms with Crippen molar-refractivity contribution in [1.29, 1.82) is 0 Å². The molecule has 1 fully saturated rings. The molecule has 0 saturated carbocycles. The van der Waals surface area contributed by atoms with E-state index < -0.39 is 46.7 Å². The summed E-state index contributed by atoms with van der Waals surface area (Å²) in [5, 5.41) is 22.4. The second-order valence-corrected chi connectivity index (χ2v) is 15.5. The van der Waals surface area contributed by atoms with Gasteiger partial charge in [0.15, 0.2) is 5.13 Å². The lowest BCUT2D eigenvalue weighted by atomic mass is 10.1. The molecule has 17 heteroatoms. The van der Waals surface area contributed by atoms with E-state index in [1.54, 1.807) is 76.9 Å². The number of carbonyl (C=O) groups excluding carboxylic acids is 3. The summed E-state index contributed by atoms with van der Waals surface area (Å²) in [7, 11) is 0. The summed E-state index contributed by atoms with van der Waals surface area (Å²) in [6.45, 7) is 16.1. The Balaban J connectivity index is 1.45. The van der Waals surface area contributed by atoms with Gasteiger partial charge in [-0.25, -0.2) is 29.1 Å². The molecule has 2 aromatic heterocycles. The van der Waals surface area contributed by atoms with E-state index in [2.05, 4.69) is 25.8 Å². The Morgan fingerprint density at radius 3 is 2.27 bits per heavy atom. The number of amides is 2. The zero-order valence-corrected chi connectivity index (χ0v) is 30.9. The van der Waals surface area contributed by atoms with E-state index in [1.807, 2.05) is 20.8 Å². The first-order chi connectivity index (χ1) is 23.7. The minimum absolute atomic E-state index is 0.00774. The summed E-state index contributed by atoms with van der Waals surface area (Å²) >= 11 is 0.949. The fourth-order valence-corrected chi connectivity index (χ4v) is 5.10. The number of carboxylic acids is 1. The molecule has 1 aliphatic heterocycles. The second kappa shape index (κ2) is 15.4. The number of aromatic nitrogens is 2. The van der Waals surface area contributed by atoms with Crippen LogP contribution in [0, 0.1) is 0 Å². The van der Waals surface area contributed by atoms with E-state index in [9.17, 15) is 24.3 Å². The molecule has 0 radical (unpaired) electrons. The van der Waals surface area contributed by atoms with Crippen molar-refractivity contribution in [1.82, 2.24) is 14.9 Å². The molecule has 1 saturated heterocycles. The minimum atomic E-state index is -1.49. The third kappa shape index (κ3) is 11.7. The number of nitrogens with one attached hydrogen (secondary N) is 2. The molecule has 0 aliphatic carbocycles. The molecule has 276 valence electrons. The van der Waals surface area contributed by atoms with Gasteiger partial charge in [-0.15, -0.1) is 11.3 Å². The normalized spacial score (nSPS) is 14.6. The average Bonchev–Trinajstić information content (AvgIpc) is 3.40. The van der Waals surface area contributed by atoms with Gasteiger partial charge in [0.25, 0.3) is 6.10 Å². The van der Waals surface area contributed by atoms with Crippen LogP contribution < -0.4 is 15.4 Å². The number of rotatable bonds is 11. The first-order valence-electron chi connectivity index (χ1n) is 16.1. The highest BCUT2D eigenvalue weighted by Crippen LogP contribution is 2.28. The maximum absolute atomic E-state index is 13.1. The Kier molecular flexibility index (Phi) is 11.6. The van der Waals surface area contributed by atoms with Crippen molar-refractivity contribution in [3.63, 3.8) is 0 Å². The summed E-state index contributed by atoms with van der Waals surface area (Å²) in [5.74, 6) is -1.31. The number of esters is 1. The van der Waals surface area contributed by atoms with Gasteiger partial charge in [-0.2, -0.15) is 0 Å². The van der Waals surface area contributed by atoms with Gasteiger partial charge >= 0.3 is 24.1 Å². The summed E-state index contributed by atoms with van der Waals surface area (Å²) in [6, 6.07) is 7.04. The summed E-state index contributed by atoms with van der Waals surface area (Å²) in [4.78, 5) is 65.2. The number of aliphatic carboxylic acids is 1. The fourth-order valence-electron chi connectivity index (χ4n) is 4.42. The third-order valence-corrected chi connectivity index (χ3v) is 7.27. The van der Waals surface area contributed by atoms with Crippen molar-refractivity contribution in [2.45, 2.75) is 91.3 Å². The number of hydrogen-bond acceptors (Lipinski definition) is 14. The lowest BCUT2D eigenvalue weighted by Crippen LogP contribution is -2.58. The van der Waals surface area contributed by atoms with E-state index in [-0.39, 0.29) is 29.6 Å². The van der Waals surface area contributed by atoms with Gasteiger partial charge in [-0.3, -0.25) is 5.32 Å². The van der Waals surface area contributed by atoms with Gasteiger partial charge in [0.2, 0.25) is 5.71 Å². The van der Waals surface area contributed by atoms with Crippen LogP contribution in [-0.4, -0.2) is 98.5 Å². The molecule has 0 spiro atoms. The van der Waals surface area contributed by atoms with E-state index in [1.165, 1.54) is 5.38 Å². The number of pyridine rings is 1.